The molecule has 96 valence electrons. The summed E-state index contributed by atoms with van der Waals surface area (Å²) in [4.78, 5) is 6.34. The number of unbranched alkanes of at least 4 members (excludes halogenated alkanes) is 1. The highest BCUT2D eigenvalue weighted by molar-refractivity contribution is 5.69. The van der Waals surface area contributed by atoms with Crippen molar-refractivity contribution in [2.45, 2.75) is 26.2 Å². The standard InChI is InChI=1S/C14H20N4/c1-11-5-4-6-12(15)14(11)18-8-3-2-7-13-16-9-10-17-13/h4-6,9-10,18H,2-3,7-8,15H2,1H3,(H,16,17)/p+1. The lowest BCUT2D eigenvalue weighted by molar-refractivity contribution is -0.388. The number of aromatic amines is 2. The second-order valence-electron chi connectivity index (χ2n) is 4.52. The predicted molar refractivity (Wildman–Crippen MR) is 74.4 cm³/mol. The van der Waals surface area contributed by atoms with Gasteiger partial charge in [0.25, 0.3) is 5.82 Å². The fourth-order valence-corrected chi connectivity index (χ4v) is 2.04. The van der Waals surface area contributed by atoms with Crippen LogP contribution < -0.4 is 16.0 Å². The molecule has 0 unspecified atom stereocenters. The molecule has 0 aliphatic rings. The summed E-state index contributed by atoms with van der Waals surface area (Å²) in [5.41, 5.74) is 9.04. The Kier molecular flexibility index (Phi) is 4.23. The van der Waals surface area contributed by atoms with Crippen molar-refractivity contribution >= 4 is 11.4 Å². The lowest BCUT2D eigenvalue weighted by atomic mass is 10.1. The number of rotatable bonds is 6. The minimum absolute atomic E-state index is 0.827. The van der Waals surface area contributed by atoms with Gasteiger partial charge in [-0.2, -0.15) is 0 Å². The number of aryl methyl sites for hydroxylation is 2. The number of anilines is 2. The molecule has 0 saturated carbocycles. The van der Waals surface area contributed by atoms with Crippen LogP contribution in [0.25, 0.3) is 0 Å². The first-order valence-electron chi connectivity index (χ1n) is 6.40. The van der Waals surface area contributed by atoms with Gasteiger partial charge < -0.3 is 11.1 Å². The van der Waals surface area contributed by atoms with Crippen molar-refractivity contribution in [2.75, 3.05) is 17.6 Å². The summed E-state index contributed by atoms with van der Waals surface area (Å²) < 4.78 is 0. The molecule has 1 aromatic carbocycles. The van der Waals surface area contributed by atoms with Crippen LogP contribution in [-0.4, -0.2) is 11.5 Å². The number of hydrogen-bond donors (Lipinski definition) is 3. The van der Waals surface area contributed by atoms with Crippen LogP contribution in [0.4, 0.5) is 11.4 Å². The zero-order valence-electron chi connectivity index (χ0n) is 10.8. The van der Waals surface area contributed by atoms with Crippen LogP contribution in [-0.2, 0) is 6.42 Å². The van der Waals surface area contributed by atoms with Gasteiger partial charge >= 0.3 is 0 Å². The highest BCUT2D eigenvalue weighted by Gasteiger charge is 2.03. The third-order valence-electron chi connectivity index (χ3n) is 3.06. The molecule has 4 heteroatoms. The fraction of sp³-hybridized carbons (Fsp3) is 0.357. The molecule has 0 radical (unpaired) electrons. The van der Waals surface area contributed by atoms with Crippen LogP contribution >= 0.6 is 0 Å². The first kappa shape index (κ1) is 12.5. The molecular weight excluding hydrogens is 224 g/mol. The second kappa shape index (κ2) is 6.10. The first-order valence-corrected chi connectivity index (χ1v) is 6.40. The van der Waals surface area contributed by atoms with Crippen molar-refractivity contribution in [2.24, 2.45) is 0 Å². The molecule has 0 aliphatic heterocycles. The van der Waals surface area contributed by atoms with E-state index in [9.17, 15) is 0 Å². The Morgan fingerprint density at radius 1 is 1.33 bits per heavy atom. The van der Waals surface area contributed by atoms with Crippen molar-refractivity contribution < 1.29 is 4.98 Å². The fourth-order valence-electron chi connectivity index (χ4n) is 2.04. The molecule has 0 bridgehead atoms. The quantitative estimate of drug-likeness (QED) is 0.539. The highest BCUT2D eigenvalue weighted by atomic mass is 14.9. The van der Waals surface area contributed by atoms with E-state index in [2.05, 4.69) is 28.3 Å². The van der Waals surface area contributed by atoms with Gasteiger partial charge in [-0.15, -0.1) is 0 Å². The maximum Gasteiger partial charge on any atom is 0.251 e. The average Bonchev–Trinajstić information content (AvgIpc) is 2.85. The van der Waals surface area contributed by atoms with Gasteiger partial charge in [-0.05, 0) is 31.4 Å². The predicted octanol–water partition coefficient (Wildman–Crippen LogP) is 2.15. The summed E-state index contributed by atoms with van der Waals surface area (Å²) in [6.45, 7) is 3.03. The van der Waals surface area contributed by atoms with Crippen LogP contribution in [0.5, 0.6) is 0 Å². The molecule has 0 atom stereocenters. The summed E-state index contributed by atoms with van der Waals surface area (Å²) in [5, 5.41) is 3.42. The van der Waals surface area contributed by atoms with Gasteiger partial charge in [-0.1, -0.05) is 12.1 Å². The molecular formula is C14H21N4+. The van der Waals surface area contributed by atoms with E-state index >= 15 is 0 Å². The van der Waals surface area contributed by atoms with Crippen LogP contribution in [0, 0.1) is 6.92 Å². The Morgan fingerprint density at radius 3 is 2.94 bits per heavy atom. The largest absolute Gasteiger partial charge is 0.397 e. The number of nitrogen functional groups attached to an aromatic ring is 1. The third kappa shape index (κ3) is 3.26. The average molecular weight is 245 g/mol. The monoisotopic (exact) mass is 245 g/mol. The Labute approximate surface area is 108 Å². The number of aromatic nitrogens is 2. The molecule has 2 aromatic rings. The molecule has 5 N–H and O–H groups in total. The number of imidazole rings is 1. The summed E-state index contributed by atoms with van der Waals surface area (Å²) in [5.74, 6) is 1.19. The van der Waals surface area contributed by atoms with E-state index in [-0.39, 0.29) is 0 Å². The minimum atomic E-state index is 0.827. The molecule has 0 saturated heterocycles. The number of H-pyrrole nitrogens is 2. The molecule has 0 fully saturated rings. The van der Waals surface area contributed by atoms with E-state index in [4.69, 9.17) is 5.73 Å². The smallest absolute Gasteiger partial charge is 0.251 e. The number of nitrogens with two attached hydrogens (primary N) is 1. The Hall–Kier alpha value is -1.97. The van der Waals surface area contributed by atoms with Crippen molar-refractivity contribution in [3.05, 3.63) is 42.0 Å². The maximum atomic E-state index is 5.94. The Balaban J connectivity index is 1.72. The van der Waals surface area contributed by atoms with E-state index in [0.29, 0.717) is 0 Å². The number of nitrogens with one attached hydrogen (secondary N) is 3. The minimum Gasteiger partial charge on any atom is -0.397 e. The van der Waals surface area contributed by atoms with Gasteiger partial charge in [0.1, 0.15) is 12.4 Å². The molecule has 1 aromatic heterocycles. The van der Waals surface area contributed by atoms with Gasteiger partial charge in [0.2, 0.25) is 0 Å². The molecule has 0 spiro atoms. The Morgan fingerprint density at radius 2 is 2.22 bits per heavy atom. The van der Waals surface area contributed by atoms with Crippen molar-refractivity contribution in [3.63, 3.8) is 0 Å². The first-order chi connectivity index (χ1) is 8.77. The zero-order valence-corrected chi connectivity index (χ0v) is 10.8. The summed E-state index contributed by atoms with van der Waals surface area (Å²) in [7, 11) is 0. The number of benzene rings is 1. The highest BCUT2D eigenvalue weighted by Crippen LogP contribution is 2.22. The van der Waals surface area contributed by atoms with E-state index in [0.717, 1.165) is 37.2 Å². The summed E-state index contributed by atoms with van der Waals surface area (Å²) in [6, 6.07) is 5.99. The van der Waals surface area contributed by atoms with Crippen LogP contribution in [0.1, 0.15) is 24.2 Å². The molecule has 0 aliphatic carbocycles. The molecule has 0 amide bonds. The molecule has 18 heavy (non-hydrogen) atoms. The zero-order chi connectivity index (χ0) is 12.8. The van der Waals surface area contributed by atoms with Gasteiger partial charge in [-0.25, -0.2) is 9.97 Å². The lowest BCUT2D eigenvalue weighted by Crippen LogP contribution is -2.09. The van der Waals surface area contributed by atoms with E-state index in [1.165, 1.54) is 11.4 Å². The lowest BCUT2D eigenvalue weighted by Gasteiger charge is -2.11. The summed E-state index contributed by atoms with van der Waals surface area (Å²) in [6.07, 6.45) is 7.16. The maximum absolute atomic E-state index is 5.94. The van der Waals surface area contributed by atoms with Crippen molar-refractivity contribution in [3.8, 4) is 0 Å². The molecule has 1 heterocycles. The van der Waals surface area contributed by atoms with Gasteiger partial charge in [-0.3, -0.25) is 0 Å². The second-order valence-corrected chi connectivity index (χ2v) is 4.52. The normalized spacial score (nSPS) is 10.5. The van der Waals surface area contributed by atoms with Crippen LogP contribution in [0.3, 0.4) is 0 Å². The third-order valence-corrected chi connectivity index (χ3v) is 3.06. The molecule has 4 nitrogen and oxygen atoms in total. The topological polar surface area (TPSA) is 68.0 Å². The van der Waals surface area contributed by atoms with Crippen molar-refractivity contribution in [1.29, 1.82) is 0 Å². The van der Waals surface area contributed by atoms with Crippen LogP contribution in [0.2, 0.25) is 0 Å². The van der Waals surface area contributed by atoms with Gasteiger partial charge in [0.05, 0.1) is 11.4 Å². The summed E-state index contributed by atoms with van der Waals surface area (Å²) >= 11 is 0. The van der Waals surface area contributed by atoms with Crippen molar-refractivity contribution in [1.82, 2.24) is 4.98 Å². The van der Waals surface area contributed by atoms with Gasteiger partial charge in [0.15, 0.2) is 0 Å². The number of hydrogen-bond acceptors (Lipinski definition) is 2. The van der Waals surface area contributed by atoms with E-state index in [1.807, 2.05) is 24.5 Å². The number of para-hydroxylation sites is 1. The Bertz CT molecular complexity index is 456. The van der Waals surface area contributed by atoms with E-state index < -0.39 is 0 Å². The van der Waals surface area contributed by atoms with Crippen LogP contribution in [0.15, 0.2) is 30.6 Å². The molecule has 2 rings (SSSR count). The van der Waals surface area contributed by atoms with Gasteiger partial charge in [0, 0.05) is 13.0 Å². The SMILES string of the molecule is Cc1cccc(N)c1NCCCCc1[nH]cc[nH+]1. The van der Waals surface area contributed by atoms with E-state index in [1.54, 1.807) is 0 Å².